The molecule has 1 aliphatic rings. The first-order valence-corrected chi connectivity index (χ1v) is 9.86. The van der Waals surface area contributed by atoms with Crippen molar-refractivity contribution >= 4 is 23.2 Å². The molecule has 2 aromatic carbocycles. The fourth-order valence-corrected chi connectivity index (χ4v) is 3.46. The first-order valence-electron chi connectivity index (χ1n) is 9.86. The van der Waals surface area contributed by atoms with Gasteiger partial charge in [-0.1, -0.05) is 24.3 Å². The minimum Gasteiger partial charge on any atom is -0.346 e. The van der Waals surface area contributed by atoms with Crippen molar-refractivity contribution in [2.24, 2.45) is 0 Å². The lowest BCUT2D eigenvalue weighted by atomic mass is 10.0. The van der Waals surface area contributed by atoms with Gasteiger partial charge < -0.3 is 15.5 Å². The van der Waals surface area contributed by atoms with Gasteiger partial charge in [0.15, 0.2) is 0 Å². The summed E-state index contributed by atoms with van der Waals surface area (Å²) in [6.45, 7) is 3.36. The summed E-state index contributed by atoms with van der Waals surface area (Å²) in [5, 5.41) is 16.0. The second-order valence-electron chi connectivity index (χ2n) is 7.35. The monoisotopic (exact) mass is 429 g/mol. The van der Waals surface area contributed by atoms with E-state index < -0.39 is 16.7 Å². The molecule has 1 aliphatic heterocycles. The van der Waals surface area contributed by atoms with Crippen LogP contribution in [0.25, 0.3) is 0 Å². The number of nitrogens with one attached hydrogen (secondary N) is 2. The van der Waals surface area contributed by atoms with Crippen molar-refractivity contribution in [3.63, 3.8) is 0 Å². The molecule has 0 spiro atoms. The molecule has 0 bridgehead atoms. The molecule has 0 saturated carbocycles. The van der Waals surface area contributed by atoms with Gasteiger partial charge in [-0.05, 0) is 30.8 Å². The molecule has 2 N–H and O–H groups in total. The lowest BCUT2D eigenvalue weighted by Crippen LogP contribution is -2.49. The minimum atomic E-state index is -0.995. The number of likely N-dealkylation sites (N-methyl/N-ethyl adjacent to an activating group) is 1. The third kappa shape index (κ3) is 5.83. The Bertz CT molecular complexity index is 945. The molecular weight excluding hydrogens is 405 g/mol. The molecule has 0 aromatic heterocycles. The maximum Gasteiger partial charge on any atom is 0.313 e. The highest BCUT2D eigenvalue weighted by Gasteiger charge is 2.26. The smallest absolute Gasteiger partial charge is 0.313 e. The lowest BCUT2D eigenvalue weighted by Gasteiger charge is -2.38. The zero-order valence-electron chi connectivity index (χ0n) is 17.1. The molecule has 164 valence electrons. The number of halogens is 1. The molecule has 1 heterocycles. The number of carbonyl (C=O) groups excluding carboxylic acids is 2. The number of para-hydroxylation sites is 2. The van der Waals surface area contributed by atoms with Gasteiger partial charge in [-0.15, -0.1) is 0 Å². The number of hydrogen-bond acceptors (Lipinski definition) is 6. The number of nitro benzene ring substituents is 1. The summed E-state index contributed by atoms with van der Waals surface area (Å²) in [6, 6.07) is 11.4. The SMILES string of the molecule is CN1CCN(C(CNC(=O)C(=O)Nc2ccccc2[N+](=O)[O-])c2ccc(F)cc2)CC1. The van der Waals surface area contributed by atoms with Crippen LogP contribution < -0.4 is 10.6 Å². The summed E-state index contributed by atoms with van der Waals surface area (Å²) < 4.78 is 13.4. The van der Waals surface area contributed by atoms with Crippen molar-refractivity contribution in [2.75, 3.05) is 45.1 Å². The van der Waals surface area contributed by atoms with Gasteiger partial charge in [-0.2, -0.15) is 0 Å². The van der Waals surface area contributed by atoms with Gasteiger partial charge >= 0.3 is 11.8 Å². The van der Waals surface area contributed by atoms with Crippen molar-refractivity contribution in [2.45, 2.75) is 6.04 Å². The van der Waals surface area contributed by atoms with Crippen molar-refractivity contribution in [3.8, 4) is 0 Å². The third-order valence-corrected chi connectivity index (χ3v) is 5.24. The van der Waals surface area contributed by atoms with Crippen LogP contribution in [-0.2, 0) is 9.59 Å². The highest BCUT2D eigenvalue weighted by atomic mass is 19.1. The molecule has 10 heteroatoms. The second kappa shape index (κ2) is 10.1. The predicted molar refractivity (Wildman–Crippen MR) is 113 cm³/mol. The Kier molecular flexibility index (Phi) is 7.27. The first kappa shape index (κ1) is 22.3. The lowest BCUT2D eigenvalue weighted by molar-refractivity contribution is -0.383. The Balaban J connectivity index is 1.67. The molecule has 1 atom stereocenters. The average molecular weight is 429 g/mol. The van der Waals surface area contributed by atoms with E-state index in [1.54, 1.807) is 12.1 Å². The molecule has 9 nitrogen and oxygen atoms in total. The Hall–Kier alpha value is -3.37. The van der Waals surface area contributed by atoms with Gasteiger partial charge in [-0.3, -0.25) is 24.6 Å². The van der Waals surface area contributed by atoms with Crippen LogP contribution in [0, 0.1) is 15.9 Å². The van der Waals surface area contributed by atoms with Crippen LogP contribution in [0.5, 0.6) is 0 Å². The standard InChI is InChI=1S/C21H24FN5O4/c1-25-10-12-26(13-11-25)19(15-6-8-16(22)9-7-15)14-23-20(28)21(29)24-17-4-2-3-5-18(17)27(30)31/h2-9,19H,10-14H2,1H3,(H,23,28)(H,24,29). The number of hydrogen-bond donors (Lipinski definition) is 2. The van der Waals surface area contributed by atoms with Crippen LogP contribution >= 0.6 is 0 Å². The summed E-state index contributed by atoms with van der Waals surface area (Å²) in [7, 11) is 2.03. The molecule has 31 heavy (non-hydrogen) atoms. The molecule has 3 rings (SSSR count). The maximum absolute atomic E-state index is 13.4. The predicted octanol–water partition coefficient (Wildman–Crippen LogP) is 1.78. The molecule has 2 amide bonds. The van der Waals surface area contributed by atoms with Gasteiger partial charge in [0.2, 0.25) is 0 Å². The van der Waals surface area contributed by atoms with Crippen molar-refractivity contribution < 1.29 is 18.9 Å². The van der Waals surface area contributed by atoms with E-state index in [-0.39, 0.29) is 29.8 Å². The van der Waals surface area contributed by atoms with Crippen LogP contribution in [0.15, 0.2) is 48.5 Å². The van der Waals surface area contributed by atoms with Crippen LogP contribution in [-0.4, -0.2) is 66.3 Å². The summed E-state index contributed by atoms with van der Waals surface area (Å²) in [6.07, 6.45) is 0. The van der Waals surface area contributed by atoms with Gasteiger partial charge in [0.05, 0.1) is 11.0 Å². The number of nitrogens with zero attached hydrogens (tertiary/aromatic N) is 3. The van der Waals surface area contributed by atoms with E-state index >= 15 is 0 Å². The Morgan fingerprint density at radius 3 is 2.35 bits per heavy atom. The quantitative estimate of drug-likeness (QED) is 0.412. The number of amides is 2. The van der Waals surface area contributed by atoms with E-state index in [1.807, 2.05) is 7.05 Å². The number of piperazine rings is 1. The fraction of sp³-hybridized carbons (Fsp3) is 0.333. The summed E-state index contributed by atoms with van der Waals surface area (Å²) in [4.78, 5) is 39.5. The Morgan fingerprint density at radius 1 is 1.06 bits per heavy atom. The number of benzene rings is 2. The second-order valence-corrected chi connectivity index (χ2v) is 7.35. The molecule has 1 unspecified atom stereocenters. The number of rotatable bonds is 6. The largest absolute Gasteiger partial charge is 0.346 e. The number of carbonyl (C=O) groups is 2. The minimum absolute atomic E-state index is 0.0539. The van der Waals surface area contributed by atoms with Crippen LogP contribution in [0.2, 0.25) is 0 Å². The van der Waals surface area contributed by atoms with Crippen molar-refractivity contribution in [1.82, 2.24) is 15.1 Å². The van der Waals surface area contributed by atoms with Gasteiger partial charge in [-0.25, -0.2) is 4.39 Å². The number of nitro groups is 1. The highest BCUT2D eigenvalue weighted by Crippen LogP contribution is 2.24. The molecule has 1 fully saturated rings. The van der Waals surface area contributed by atoms with Crippen molar-refractivity contribution in [3.05, 3.63) is 70.0 Å². The van der Waals surface area contributed by atoms with Gasteiger partial charge in [0.25, 0.3) is 5.69 Å². The van der Waals surface area contributed by atoms with Crippen LogP contribution in [0.1, 0.15) is 11.6 Å². The van der Waals surface area contributed by atoms with E-state index in [2.05, 4.69) is 20.4 Å². The maximum atomic E-state index is 13.4. The molecule has 1 saturated heterocycles. The molecule has 0 aliphatic carbocycles. The molecule has 0 radical (unpaired) electrons. The van der Waals surface area contributed by atoms with E-state index in [1.165, 1.54) is 36.4 Å². The van der Waals surface area contributed by atoms with Gasteiger partial charge in [0, 0.05) is 38.8 Å². The zero-order valence-corrected chi connectivity index (χ0v) is 17.1. The molecular formula is C21H24FN5O4. The van der Waals surface area contributed by atoms with Crippen molar-refractivity contribution in [1.29, 1.82) is 0 Å². The normalized spacial score (nSPS) is 15.8. The summed E-state index contributed by atoms with van der Waals surface area (Å²) >= 11 is 0. The Morgan fingerprint density at radius 2 is 1.71 bits per heavy atom. The Labute approximate surface area is 179 Å². The topological polar surface area (TPSA) is 108 Å². The number of anilines is 1. The third-order valence-electron chi connectivity index (χ3n) is 5.24. The average Bonchev–Trinajstić information content (AvgIpc) is 2.76. The fourth-order valence-electron chi connectivity index (χ4n) is 3.46. The van der Waals surface area contributed by atoms with E-state index in [0.717, 1.165) is 31.7 Å². The van der Waals surface area contributed by atoms with E-state index in [9.17, 15) is 24.1 Å². The van der Waals surface area contributed by atoms with E-state index in [4.69, 9.17) is 0 Å². The summed E-state index contributed by atoms with van der Waals surface area (Å²) in [5.41, 5.74) is 0.470. The molecule has 2 aromatic rings. The first-order chi connectivity index (χ1) is 14.8. The van der Waals surface area contributed by atoms with E-state index in [0.29, 0.717) is 0 Å². The highest BCUT2D eigenvalue weighted by molar-refractivity contribution is 6.39. The summed E-state index contributed by atoms with van der Waals surface area (Å²) in [5.74, 6) is -2.25. The van der Waals surface area contributed by atoms with Gasteiger partial charge in [0.1, 0.15) is 11.5 Å². The van der Waals surface area contributed by atoms with Crippen LogP contribution in [0.4, 0.5) is 15.8 Å². The zero-order chi connectivity index (χ0) is 22.4. The van der Waals surface area contributed by atoms with Crippen LogP contribution in [0.3, 0.4) is 0 Å².